The molecule has 0 unspecified atom stereocenters. The van der Waals surface area contributed by atoms with Gasteiger partial charge in [-0.2, -0.15) is 0 Å². The Kier molecular flexibility index (Phi) is 13.7. The van der Waals surface area contributed by atoms with E-state index < -0.39 is 0 Å². The van der Waals surface area contributed by atoms with Crippen molar-refractivity contribution >= 4 is 23.1 Å². The number of ether oxygens (including phenoxy) is 2. The molecular formula is C25H40N2O2S2. The van der Waals surface area contributed by atoms with Crippen LogP contribution in [-0.2, 0) is 0 Å². The Labute approximate surface area is 197 Å². The Hall–Kier alpha value is -1.27. The van der Waals surface area contributed by atoms with Gasteiger partial charge in [-0.1, -0.05) is 107 Å². The molecule has 0 aliphatic rings. The van der Waals surface area contributed by atoms with Crippen molar-refractivity contribution in [2.45, 2.75) is 94.7 Å². The predicted octanol–water partition coefficient (Wildman–Crippen LogP) is 8.41. The SMILES string of the molecule is CCCCCCCCCCCCCCCOc1cc(OC)ccc1-c1nnc(SC)s1. The number of unbranched alkanes of at least 4 members (excludes halogenated alkanes) is 12. The maximum atomic E-state index is 6.13. The summed E-state index contributed by atoms with van der Waals surface area (Å²) in [5.74, 6) is 1.64. The molecule has 0 bridgehead atoms. The molecule has 0 saturated heterocycles. The molecule has 0 aliphatic carbocycles. The first-order valence-electron chi connectivity index (χ1n) is 12.0. The first-order chi connectivity index (χ1) is 15.3. The first-order valence-corrected chi connectivity index (χ1v) is 14.0. The molecule has 2 rings (SSSR count). The second-order valence-electron chi connectivity index (χ2n) is 8.03. The molecule has 0 saturated carbocycles. The van der Waals surface area contributed by atoms with E-state index in [4.69, 9.17) is 9.47 Å². The van der Waals surface area contributed by atoms with Gasteiger partial charge < -0.3 is 9.47 Å². The van der Waals surface area contributed by atoms with E-state index in [1.807, 2.05) is 24.5 Å². The molecule has 6 heteroatoms. The topological polar surface area (TPSA) is 44.2 Å². The number of thioether (sulfide) groups is 1. The number of benzene rings is 1. The summed E-state index contributed by atoms with van der Waals surface area (Å²) < 4.78 is 12.5. The highest BCUT2D eigenvalue weighted by molar-refractivity contribution is 8.00. The molecule has 0 fully saturated rings. The third-order valence-electron chi connectivity index (χ3n) is 5.51. The van der Waals surface area contributed by atoms with E-state index in [2.05, 4.69) is 17.1 Å². The monoisotopic (exact) mass is 464 g/mol. The molecular weight excluding hydrogens is 424 g/mol. The van der Waals surface area contributed by atoms with Crippen LogP contribution in [0.3, 0.4) is 0 Å². The van der Waals surface area contributed by atoms with Crippen molar-refractivity contribution in [1.82, 2.24) is 10.2 Å². The molecule has 174 valence electrons. The van der Waals surface area contributed by atoms with Gasteiger partial charge in [-0.15, -0.1) is 10.2 Å². The Morgan fingerprint density at radius 3 is 2.00 bits per heavy atom. The van der Waals surface area contributed by atoms with Crippen molar-refractivity contribution in [2.75, 3.05) is 20.0 Å². The minimum absolute atomic E-state index is 0.728. The van der Waals surface area contributed by atoms with Gasteiger partial charge in [0, 0.05) is 6.07 Å². The van der Waals surface area contributed by atoms with Gasteiger partial charge in [-0.05, 0) is 24.8 Å². The lowest BCUT2D eigenvalue weighted by Crippen LogP contribution is -1.99. The number of aromatic nitrogens is 2. The third kappa shape index (κ3) is 10.3. The van der Waals surface area contributed by atoms with Crippen LogP contribution < -0.4 is 9.47 Å². The lowest BCUT2D eigenvalue weighted by molar-refractivity contribution is 0.303. The summed E-state index contributed by atoms with van der Waals surface area (Å²) in [4.78, 5) is 0. The fourth-order valence-electron chi connectivity index (χ4n) is 3.63. The lowest BCUT2D eigenvalue weighted by atomic mass is 10.0. The van der Waals surface area contributed by atoms with Gasteiger partial charge in [-0.3, -0.25) is 0 Å². The van der Waals surface area contributed by atoms with Gasteiger partial charge >= 0.3 is 0 Å². The van der Waals surface area contributed by atoms with E-state index in [-0.39, 0.29) is 0 Å². The van der Waals surface area contributed by atoms with Crippen molar-refractivity contribution < 1.29 is 9.47 Å². The lowest BCUT2D eigenvalue weighted by Gasteiger charge is -2.11. The largest absolute Gasteiger partial charge is 0.497 e. The standard InChI is InChI=1S/C25H40N2O2S2/c1-4-5-6-7-8-9-10-11-12-13-14-15-16-19-29-23-20-21(28-2)17-18-22(23)24-26-27-25(30-3)31-24/h17-18,20H,4-16,19H2,1-3H3. The Balaban J connectivity index is 1.61. The molecule has 1 aromatic heterocycles. The smallest absolute Gasteiger partial charge is 0.174 e. The molecule has 0 aliphatic heterocycles. The molecule has 0 radical (unpaired) electrons. The Morgan fingerprint density at radius 1 is 0.839 bits per heavy atom. The van der Waals surface area contributed by atoms with Crippen LogP contribution in [0.1, 0.15) is 90.4 Å². The van der Waals surface area contributed by atoms with Crippen LogP contribution in [0, 0.1) is 0 Å². The van der Waals surface area contributed by atoms with Crippen molar-refractivity contribution in [3.8, 4) is 22.1 Å². The zero-order valence-electron chi connectivity index (χ0n) is 19.7. The summed E-state index contributed by atoms with van der Waals surface area (Å²) in [5.41, 5.74) is 0.994. The van der Waals surface area contributed by atoms with Crippen LogP contribution >= 0.6 is 23.1 Å². The zero-order valence-corrected chi connectivity index (χ0v) is 21.3. The number of hydrogen-bond acceptors (Lipinski definition) is 6. The third-order valence-corrected chi connectivity index (χ3v) is 7.44. The fraction of sp³-hybridized carbons (Fsp3) is 0.680. The number of hydrogen-bond donors (Lipinski definition) is 0. The average molecular weight is 465 g/mol. The summed E-state index contributed by atoms with van der Waals surface area (Å²) in [6.45, 7) is 3.01. The second-order valence-corrected chi connectivity index (χ2v) is 10.1. The molecule has 0 amide bonds. The molecule has 31 heavy (non-hydrogen) atoms. The minimum Gasteiger partial charge on any atom is -0.497 e. The van der Waals surface area contributed by atoms with E-state index in [0.29, 0.717) is 0 Å². The van der Waals surface area contributed by atoms with Crippen LogP contribution in [0.2, 0.25) is 0 Å². The summed E-state index contributed by atoms with van der Waals surface area (Å²) >= 11 is 3.21. The predicted molar refractivity (Wildman–Crippen MR) is 135 cm³/mol. The number of methoxy groups -OCH3 is 1. The van der Waals surface area contributed by atoms with E-state index >= 15 is 0 Å². The molecule has 1 heterocycles. The quantitative estimate of drug-likeness (QED) is 0.164. The number of nitrogens with zero attached hydrogens (tertiary/aromatic N) is 2. The van der Waals surface area contributed by atoms with Gasteiger partial charge in [0.05, 0.1) is 19.3 Å². The molecule has 0 spiro atoms. The van der Waals surface area contributed by atoms with Crippen LogP contribution in [0.25, 0.3) is 10.6 Å². The minimum atomic E-state index is 0.728. The number of rotatable bonds is 18. The molecule has 0 atom stereocenters. The molecule has 2 aromatic rings. The van der Waals surface area contributed by atoms with Crippen LogP contribution in [0.15, 0.2) is 22.5 Å². The Morgan fingerprint density at radius 2 is 1.45 bits per heavy atom. The maximum Gasteiger partial charge on any atom is 0.174 e. The van der Waals surface area contributed by atoms with Crippen molar-refractivity contribution in [2.24, 2.45) is 0 Å². The van der Waals surface area contributed by atoms with E-state index in [9.17, 15) is 0 Å². The van der Waals surface area contributed by atoms with Crippen LogP contribution in [0.5, 0.6) is 11.5 Å². The van der Waals surface area contributed by atoms with Crippen molar-refractivity contribution in [3.05, 3.63) is 18.2 Å². The molecule has 4 nitrogen and oxygen atoms in total. The molecule has 0 N–H and O–H groups in total. The Bertz CT molecular complexity index is 721. The highest BCUT2D eigenvalue weighted by atomic mass is 32.2. The van der Waals surface area contributed by atoms with E-state index in [1.165, 1.54) is 77.0 Å². The average Bonchev–Trinajstić information content (AvgIpc) is 3.28. The first kappa shape index (κ1) is 26.0. The van der Waals surface area contributed by atoms with E-state index in [1.54, 1.807) is 30.2 Å². The maximum absolute atomic E-state index is 6.13. The van der Waals surface area contributed by atoms with Crippen LogP contribution in [-0.4, -0.2) is 30.2 Å². The van der Waals surface area contributed by atoms with Crippen molar-refractivity contribution in [1.29, 1.82) is 0 Å². The summed E-state index contributed by atoms with van der Waals surface area (Å²) in [6, 6.07) is 5.92. The van der Waals surface area contributed by atoms with Gasteiger partial charge in [0.25, 0.3) is 0 Å². The van der Waals surface area contributed by atoms with Gasteiger partial charge in [-0.25, -0.2) is 0 Å². The molecule has 1 aromatic carbocycles. The second kappa shape index (κ2) is 16.4. The highest BCUT2D eigenvalue weighted by Crippen LogP contribution is 2.36. The summed E-state index contributed by atoms with van der Waals surface area (Å²) in [7, 11) is 1.68. The van der Waals surface area contributed by atoms with Gasteiger partial charge in [0.2, 0.25) is 0 Å². The zero-order chi connectivity index (χ0) is 22.2. The summed E-state index contributed by atoms with van der Waals surface area (Å²) in [5, 5.41) is 9.43. The highest BCUT2D eigenvalue weighted by Gasteiger charge is 2.13. The van der Waals surface area contributed by atoms with Gasteiger partial charge in [0.1, 0.15) is 11.5 Å². The van der Waals surface area contributed by atoms with Crippen molar-refractivity contribution in [3.63, 3.8) is 0 Å². The van der Waals surface area contributed by atoms with Crippen LogP contribution in [0.4, 0.5) is 0 Å². The summed E-state index contributed by atoms with van der Waals surface area (Å²) in [6.07, 6.45) is 19.6. The fourth-order valence-corrected chi connectivity index (χ4v) is 4.93. The van der Waals surface area contributed by atoms with Gasteiger partial charge in [0.15, 0.2) is 9.35 Å². The van der Waals surface area contributed by atoms with E-state index in [0.717, 1.165) is 39.4 Å². The normalized spacial score (nSPS) is 11.1.